The Morgan fingerprint density at radius 3 is 2.39 bits per heavy atom. The normalized spacial score (nSPS) is 23.2. The molecular weight excluding hydrogens is 254 g/mol. The summed E-state index contributed by atoms with van der Waals surface area (Å²) in [5, 5.41) is -0.618. The molecule has 1 unspecified atom stereocenters. The number of carbonyl (C=O) groups is 1. The molecule has 6 nitrogen and oxygen atoms in total. The van der Waals surface area contributed by atoms with Crippen LogP contribution in [-0.4, -0.2) is 61.0 Å². The summed E-state index contributed by atoms with van der Waals surface area (Å²) in [5.41, 5.74) is 4.49. The minimum absolute atomic E-state index is 0.0788. The van der Waals surface area contributed by atoms with Crippen molar-refractivity contribution < 1.29 is 13.2 Å². The molecule has 2 N–H and O–H groups in total. The van der Waals surface area contributed by atoms with E-state index in [9.17, 15) is 13.2 Å². The van der Waals surface area contributed by atoms with Crippen molar-refractivity contribution >= 4 is 15.9 Å². The summed E-state index contributed by atoms with van der Waals surface area (Å²) in [4.78, 5) is 13.7. The molecular formula is C11H23N3O3S. The second kappa shape index (κ2) is 5.14. The van der Waals surface area contributed by atoms with Gasteiger partial charge in [-0.15, -0.1) is 0 Å². The topological polar surface area (TPSA) is 83.7 Å². The first-order valence-corrected chi connectivity index (χ1v) is 7.67. The van der Waals surface area contributed by atoms with Crippen molar-refractivity contribution in [3.05, 3.63) is 0 Å². The molecule has 0 radical (unpaired) electrons. The Morgan fingerprint density at radius 1 is 1.39 bits per heavy atom. The third kappa shape index (κ3) is 2.39. The van der Waals surface area contributed by atoms with E-state index >= 15 is 0 Å². The number of carbonyl (C=O) groups excluding carboxylic acids is 1. The number of likely N-dealkylation sites (N-methyl/N-ethyl adjacent to an activating group) is 1. The highest BCUT2D eigenvalue weighted by atomic mass is 32.2. The molecule has 1 amide bonds. The summed E-state index contributed by atoms with van der Waals surface area (Å²) in [6.45, 7) is 5.91. The Morgan fingerprint density at radius 2 is 1.94 bits per heavy atom. The summed E-state index contributed by atoms with van der Waals surface area (Å²) in [6.07, 6.45) is 0.454. The lowest BCUT2D eigenvalue weighted by molar-refractivity contribution is -0.142. The van der Waals surface area contributed by atoms with E-state index in [0.717, 1.165) is 0 Å². The average Bonchev–Trinajstić information content (AvgIpc) is 2.26. The van der Waals surface area contributed by atoms with Crippen LogP contribution in [0.2, 0.25) is 0 Å². The fourth-order valence-corrected chi connectivity index (χ4v) is 4.39. The molecule has 1 aliphatic heterocycles. The molecule has 1 aliphatic rings. The average molecular weight is 277 g/mol. The number of hydrogen-bond donors (Lipinski definition) is 1. The second-order valence-electron chi connectivity index (χ2n) is 5.17. The maximum atomic E-state index is 12.5. The summed E-state index contributed by atoms with van der Waals surface area (Å²) < 4.78 is 26.3. The standard InChI is InChI=1S/C11H23N3O3S/c1-5-9(8-12)18(16,17)14-7-6-13(4)10(15)11(14,2)3/h9H,5-8,12H2,1-4H3. The molecule has 0 bridgehead atoms. The molecule has 1 rings (SSSR count). The number of rotatable bonds is 4. The molecule has 0 saturated carbocycles. The fourth-order valence-electron chi connectivity index (χ4n) is 2.32. The quantitative estimate of drug-likeness (QED) is 0.758. The zero-order chi connectivity index (χ0) is 14.1. The van der Waals surface area contributed by atoms with Crippen LogP contribution in [0.15, 0.2) is 0 Å². The lowest BCUT2D eigenvalue weighted by Gasteiger charge is -2.44. The first-order chi connectivity index (χ1) is 8.19. The van der Waals surface area contributed by atoms with Crippen LogP contribution in [0.5, 0.6) is 0 Å². The fraction of sp³-hybridized carbons (Fsp3) is 0.909. The van der Waals surface area contributed by atoms with E-state index in [1.807, 2.05) is 0 Å². The van der Waals surface area contributed by atoms with Gasteiger partial charge in [0.25, 0.3) is 0 Å². The predicted molar refractivity (Wildman–Crippen MR) is 70.5 cm³/mol. The smallest absolute Gasteiger partial charge is 0.243 e. The monoisotopic (exact) mass is 277 g/mol. The number of amides is 1. The van der Waals surface area contributed by atoms with Crippen molar-refractivity contribution in [1.82, 2.24) is 9.21 Å². The maximum Gasteiger partial charge on any atom is 0.243 e. The highest BCUT2D eigenvalue weighted by Crippen LogP contribution is 2.27. The van der Waals surface area contributed by atoms with Gasteiger partial charge in [0.05, 0.1) is 5.25 Å². The van der Waals surface area contributed by atoms with Gasteiger partial charge in [-0.25, -0.2) is 8.42 Å². The Balaban J connectivity index is 3.13. The molecule has 1 saturated heterocycles. The molecule has 1 atom stereocenters. The summed E-state index contributed by atoms with van der Waals surface area (Å²) in [6, 6.07) is 0. The van der Waals surface area contributed by atoms with Crippen molar-refractivity contribution in [2.24, 2.45) is 5.73 Å². The van der Waals surface area contributed by atoms with Gasteiger partial charge < -0.3 is 10.6 Å². The van der Waals surface area contributed by atoms with Gasteiger partial charge in [0, 0.05) is 26.7 Å². The Labute approximate surface area is 109 Å². The van der Waals surface area contributed by atoms with Gasteiger partial charge in [-0.2, -0.15) is 4.31 Å². The van der Waals surface area contributed by atoms with Crippen molar-refractivity contribution in [1.29, 1.82) is 0 Å². The van der Waals surface area contributed by atoms with Gasteiger partial charge in [-0.05, 0) is 20.3 Å². The van der Waals surface area contributed by atoms with Gasteiger partial charge >= 0.3 is 0 Å². The van der Waals surface area contributed by atoms with E-state index in [-0.39, 0.29) is 12.5 Å². The number of piperazine rings is 1. The third-order valence-corrected chi connectivity index (χ3v) is 6.20. The van der Waals surface area contributed by atoms with Gasteiger partial charge in [0.2, 0.25) is 15.9 Å². The van der Waals surface area contributed by atoms with Gasteiger partial charge in [-0.1, -0.05) is 6.92 Å². The van der Waals surface area contributed by atoms with Crippen molar-refractivity contribution in [3.63, 3.8) is 0 Å². The molecule has 0 aromatic carbocycles. The van der Waals surface area contributed by atoms with Crippen LogP contribution in [0.25, 0.3) is 0 Å². The summed E-state index contributed by atoms with van der Waals surface area (Å²) >= 11 is 0. The van der Waals surface area contributed by atoms with Crippen LogP contribution in [0.3, 0.4) is 0 Å². The van der Waals surface area contributed by atoms with Crippen LogP contribution in [0.1, 0.15) is 27.2 Å². The molecule has 0 spiro atoms. The summed E-state index contributed by atoms with van der Waals surface area (Å²) in [5.74, 6) is -0.177. The minimum Gasteiger partial charge on any atom is -0.343 e. The zero-order valence-corrected chi connectivity index (χ0v) is 12.3. The number of nitrogens with zero attached hydrogens (tertiary/aromatic N) is 2. The van der Waals surface area contributed by atoms with Gasteiger partial charge in [0.1, 0.15) is 5.54 Å². The van der Waals surface area contributed by atoms with Crippen LogP contribution in [0.4, 0.5) is 0 Å². The first kappa shape index (κ1) is 15.4. The predicted octanol–water partition coefficient (Wildman–Crippen LogP) is -0.394. The Hall–Kier alpha value is -0.660. The maximum absolute atomic E-state index is 12.5. The SMILES string of the molecule is CCC(CN)S(=O)(=O)N1CCN(C)C(=O)C1(C)C. The van der Waals surface area contributed by atoms with E-state index in [2.05, 4.69) is 0 Å². The molecule has 1 heterocycles. The Bertz CT molecular complexity index is 415. The zero-order valence-electron chi connectivity index (χ0n) is 11.5. The van der Waals surface area contributed by atoms with E-state index in [1.54, 1.807) is 32.7 Å². The lowest BCUT2D eigenvalue weighted by atomic mass is 10.0. The number of hydrogen-bond acceptors (Lipinski definition) is 4. The van der Waals surface area contributed by atoms with E-state index in [0.29, 0.717) is 19.5 Å². The van der Waals surface area contributed by atoms with Crippen LogP contribution >= 0.6 is 0 Å². The van der Waals surface area contributed by atoms with Crippen LogP contribution < -0.4 is 5.73 Å². The summed E-state index contributed by atoms with van der Waals surface area (Å²) in [7, 11) is -1.84. The highest BCUT2D eigenvalue weighted by Gasteiger charge is 2.48. The van der Waals surface area contributed by atoms with E-state index < -0.39 is 20.8 Å². The second-order valence-corrected chi connectivity index (χ2v) is 7.31. The van der Waals surface area contributed by atoms with Crippen LogP contribution in [0, 0.1) is 0 Å². The van der Waals surface area contributed by atoms with E-state index in [1.165, 1.54) is 4.31 Å². The van der Waals surface area contributed by atoms with Crippen molar-refractivity contribution in [2.45, 2.75) is 38.0 Å². The molecule has 0 aliphatic carbocycles. The van der Waals surface area contributed by atoms with Gasteiger partial charge in [0.15, 0.2) is 0 Å². The van der Waals surface area contributed by atoms with E-state index in [4.69, 9.17) is 5.73 Å². The number of sulfonamides is 1. The largest absolute Gasteiger partial charge is 0.343 e. The molecule has 0 aromatic heterocycles. The van der Waals surface area contributed by atoms with Crippen molar-refractivity contribution in [2.75, 3.05) is 26.7 Å². The lowest BCUT2D eigenvalue weighted by Crippen LogP contribution is -2.65. The molecule has 1 fully saturated rings. The molecule has 7 heteroatoms. The molecule has 0 aromatic rings. The van der Waals surface area contributed by atoms with Crippen molar-refractivity contribution in [3.8, 4) is 0 Å². The third-order valence-electron chi connectivity index (χ3n) is 3.58. The first-order valence-electron chi connectivity index (χ1n) is 6.16. The number of nitrogens with two attached hydrogens (primary N) is 1. The molecule has 18 heavy (non-hydrogen) atoms. The Kier molecular flexibility index (Phi) is 4.40. The minimum atomic E-state index is -3.53. The highest BCUT2D eigenvalue weighted by molar-refractivity contribution is 7.89. The van der Waals surface area contributed by atoms with Gasteiger partial charge in [-0.3, -0.25) is 4.79 Å². The van der Waals surface area contributed by atoms with Crippen LogP contribution in [-0.2, 0) is 14.8 Å². The molecule has 106 valence electrons.